The molecule has 1 amide bonds. The molecule has 1 unspecified atom stereocenters. The molecule has 31 heavy (non-hydrogen) atoms. The highest BCUT2D eigenvalue weighted by atomic mass is 35.5. The van der Waals surface area contributed by atoms with E-state index in [-0.39, 0.29) is 16.1 Å². The predicted molar refractivity (Wildman–Crippen MR) is 111 cm³/mol. The molecule has 3 rings (SSSR count). The number of benzene rings is 2. The minimum absolute atomic E-state index is 0.0184. The summed E-state index contributed by atoms with van der Waals surface area (Å²) in [7, 11) is 0. The molecule has 0 bridgehead atoms. The van der Waals surface area contributed by atoms with Gasteiger partial charge in [-0.3, -0.25) is 4.79 Å². The van der Waals surface area contributed by atoms with Gasteiger partial charge in [0, 0.05) is 0 Å². The number of rotatable bonds is 5. The van der Waals surface area contributed by atoms with Gasteiger partial charge in [-0.2, -0.15) is 18.4 Å². The fourth-order valence-corrected chi connectivity index (χ4v) is 3.64. The van der Waals surface area contributed by atoms with Crippen LogP contribution >= 0.6 is 34.8 Å². The highest BCUT2D eigenvalue weighted by Crippen LogP contribution is 2.39. The van der Waals surface area contributed by atoms with Gasteiger partial charge in [0.25, 0.3) is 5.91 Å². The average Bonchev–Trinajstić information content (AvgIpc) is 3.45. The summed E-state index contributed by atoms with van der Waals surface area (Å²) in [6, 6.07) is 7.87. The van der Waals surface area contributed by atoms with E-state index in [0.29, 0.717) is 18.4 Å². The maximum atomic E-state index is 13.6. The van der Waals surface area contributed by atoms with E-state index in [2.05, 4.69) is 5.32 Å². The molecule has 0 spiro atoms. The summed E-state index contributed by atoms with van der Waals surface area (Å²) in [6.07, 6.45) is -1.57. The van der Waals surface area contributed by atoms with Crippen molar-refractivity contribution in [3.63, 3.8) is 0 Å². The van der Waals surface area contributed by atoms with Crippen LogP contribution in [0.5, 0.6) is 0 Å². The predicted octanol–water partition coefficient (Wildman–Crippen LogP) is 6.93. The number of amides is 1. The van der Waals surface area contributed by atoms with Crippen molar-refractivity contribution in [2.75, 3.05) is 0 Å². The number of halogens is 7. The molecule has 0 heterocycles. The maximum Gasteiger partial charge on any atom is 0.399 e. The molecule has 1 saturated carbocycles. The van der Waals surface area contributed by atoms with E-state index in [1.165, 1.54) is 24.3 Å². The lowest BCUT2D eigenvalue weighted by Gasteiger charge is -2.18. The third-order valence-electron chi connectivity index (χ3n) is 4.75. The van der Waals surface area contributed by atoms with Gasteiger partial charge in [-0.25, -0.2) is 4.39 Å². The number of hydrogen-bond donors (Lipinski definition) is 1. The molecule has 0 saturated heterocycles. The number of hydrogen-bond acceptors (Lipinski definition) is 2. The summed E-state index contributed by atoms with van der Waals surface area (Å²) in [6.45, 7) is 0. The van der Waals surface area contributed by atoms with Crippen molar-refractivity contribution in [3.8, 4) is 6.07 Å². The number of alkyl halides is 3. The Morgan fingerprint density at radius 1 is 1.13 bits per heavy atom. The van der Waals surface area contributed by atoms with Crippen molar-refractivity contribution < 1.29 is 22.4 Å². The maximum absolute atomic E-state index is 13.6. The first-order valence-electron chi connectivity index (χ1n) is 8.88. The number of carbonyl (C=O) groups excluding carboxylic acids is 1. The Morgan fingerprint density at radius 2 is 1.74 bits per heavy atom. The summed E-state index contributed by atoms with van der Waals surface area (Å²) >= 11 is 17.4. The Labute approximate surface area is 190 Å². The lowest BCUT2D eigenvalue weighted by Crippen LogP contribution is -2.35. The Morgan fingerprint density at radius 3 is 2.23 bits per heavy atom. The number of nitriles is 1. The van der Waals surface area contributed by atoms with Crippen molar-refractivity contribution in [2.24, 2.45) is 0 Å². The topological polar surface area (TPSA) is 52.9 Å². The van der Waals surface area contributed by atoms with Crippen LogP contribution in [0.15, 0.2) is 36.4 Å². The van der Waals surface area contributed by atoms with Gasteiger partial charge in [0.1, 0.15) is 5.54 Å². The van der Waals surface area contributed by atoms with Crippen LogP contribution in [0.2, 0.25) is 15.1 Å². The van der Waals surface area contributed by atoms with Gasteiger partial charge < -0.3 is 5.32 Å². The van der Waals surface area contributed by atoms with Crippen molar-refractivity contribution in [2.45, 2.75) is 30.5 Å². The van der Waals surface area contributed by atoms with Crippen molar-refractivity contribution in [1.82, 2.24) is 5.32 Å². The normalized spacial score (nSPS) is 16.1. The lowest BCUT2D eigenvalue weighted by molar-refractivity contribution is -0.139. The second-order valence-electron chi connectivity index (χ2n) is 7.06. The van der Waals surface area contributed by atoms with Crippen LogP contribution < -0.4 is 5.32 Å². The first-order valence-corrected chi connectivity index (χ1v) is 10.0. The number of carbonyl (C=O) groups is 1. The van der Waals surface area contributed by atoms with E-state index in [9.17, 15) is 22.4 Å². The van der Waals surface area contributed by atoms with Gasteiger partial charge in [0.05, 0.1) is 32.6 Å². The van der Waals surface area contributed by atoms with Gasteiger partial charge in [0.15, 0.2) is 5.82 Å². The van der Waals surface area contributed by atoms with E-state index in [0.717, 1.165) is 18.2 Å². The van der Waals surface area contributed by atoms with Crippen LogP contribution in [0.1, 0.15) is 40.2 Å². The molecule has 0 radical (unpaired) electrons. The quantitative estimate of drug-likeness (QED) is 0.364. The average molecular weight is 492 g/mol. The van der Waals surface area contributed by atoms with Crippen molar-refractivity contribution in [3.05, 3.63) is 74.0 Å². The molecular weight excluding hydrogens is 479 g/mol. The molecule has 2 aromatic carbocycles. The van der Waals surface area contributed by atoms with E-state index >= 15 is 0 Å². The van der Waals surface area contributed by atoms with Crippen LogP contribution in [-0.2, 0) is 0 Å². The molecule has 3 nitrogen and oxygen atoms in total. The Balaban J connectivity index is 1.85. The third kappa shape index (κ3) is 5.32. The zero-order valence-electron chi connectivity index (χ0n) is 15.5. The van der Waals surface area contributed by atoms with Gasteiger partial charge in [0.2, 0.25) is 0 Å². The molecule has 1 N–H and O–H groups in total. The molecule has 0 aliphatic heterocycles. The molecular formula is C21H13Cl3F4N2O. The second kappa shape index (κ2) is 8.70. The van der Waals surface area contributed by atoms with Crippen LogP contribution in [0.4, 0.5) is 17.6 Å². The first-order chi connectivity index (χ1) is 14.5. The van der Waals surface area contributed by atoms with Crippen LogP contribution in [0.25, 0.3) is 6.08 Å². The molecule has 1 atom stereocenters. The summed E-state index contributed by atoms with van der Waals surface area (Å²) < 4.78 is 54.3. The zero-order valence-corrected chi connectivity index (χ0v) is 17.8. The molecule has 1 aliphatic carbocycles. The highest BCUT2D eigenvalue weighted by molar-refractivity contribution is 6.35. The number of nitrogens with zero attached hydrogens (tertiary/aromatic N) is 1. The summed E-state index contributed by atoms with van der Waals surface area (Å²) in [5, 5.41) is 10.6. The second-order valence-corrected chi connectivity index (χ2v) is 8.29. The van der Waals surface area contributed by atoms with Crippen LogP contribution in [0.3, 0.4) is 0 Å². The molecule has 0 aromatic heterocycles. The fourth-order valence-electron chi connectivity index (χ4n) is 2.86. The van der Waals surface area contributed by atoms with Crippen LogP contribution in [0, 0.1) is 17.1 Å². The molecule has 10 heteroatoms. The van der Waals surface area contributed by atoms with E-state index in [1.807, 2.05) is 6.07 Å². The minimum Gasteiger partial charge on any atom is -0.334 e. The van der Waals surface area contributed by atoms with Gasteiger partial charge in [-0.15, -0.1) is 0 Å². The lowest BCUT2D eigenvalue weighted by atomic mass is 9.96. The van der Waals surface area contributed by atoms with E-state index < -0.39 is 39.4 Å². The van der Waals surface area contributed by atoms with Crippen molar-refractivity contribution in [1.29, 1.82) is 5.26 Å². The largest absolute Gasteiger partial charge is 0.399 e. The number of nitrogens with one attached hydrogen (secondary N) is 1. The molecule has 1 fully saturated rings. The van der Waals surface area contributed by atoms with Gasteiger partial charge in [-0.05, 0) is 48.2 Å². The summed E-state index contributed by atoms with van der Waals surface area (Å²) in [4.78, 5) is 12.3. The zero-order chi connectivity index (χ0) is 23.0. The minimum atomic E-state index is -4.69. The fraction of sp³-hybridized carbons (Fsp3) is 0.238. The molecule has 2 aromatic rings. The SMILES string of the molecule is N#CC1(NC(=O)c2ccc(/C=C/C(c3cc(Cl)c(F)c(Cl)c3)C(F)(F)F)cc2Cl)CC1. The summed E-state index contributed by atoms with van der Waals surface area (Å²) in [5.41, 5.74) is -0.800. The third-order valence-corrected chi connectivity index (χ3v) is 5.62. The van der Waals surface area contributed by atoms with Crippen LogP contribution in [-0.4, -0.2) is 17.6 Å². The Kier molecular flexibility index (Phi) is 6.56. The Bertz CT molecular complexity index is 1080. The molecule has 1 aliphatic rings. The van der Waals surface area contributed by atoms with Gasteiger partial charge >= 0.3 is 6.18 Å². The van der Waals surface area contributed by atoms with E-state index in [4.69, 9.17) is 40.1 Å². The molecule has 162 valence electrons. The Hall–Kier alpha value is -2.27. The van der Waals surface area contributed by atoms with Crippen molar-refractivity contribution >= 4 is 46.8 Å². The smallest absolute Gasteiger partial charge is 0.334 e. The van der Waals surface area contributed by atoms with E-state index in [1.54, 1.807) is 0 Å². The standard InChI is InChI=1S/C21H13Cl3F4N2O/c22-15-7-11(1-3-13(15)19(31)30-20(10-29)5-6-20)2-4-14(21(26,27)28)12-8-16(23)18(25)17(24)9-12/h1-4,7-9,14H,5-6H2,(H,30,31)/b4-2+. The monoisotopic (exact) mass is 490 g/mol. The van der Waals surface area contributed by atoms with Gasteiger partial charge in [-0.1, -0.05) is 53.0 Å². The summed E-state index contributed by atoms with van der Waals surface area (Å²) in [5.74, 6) is -3.64. The highest BCUT2D eigenvalue weighted by Gasteiger charge is 2.45. The first kappa shape index (κ1) is 23.4. The number of allylic oxidation sites excluding steroid dienone is 1.